The Bertz CT molecular complexity index is 860. The number of carbonyl (C=O) groups is 1. The zero-order valence-electron chi connectivity index (χ0n) is 16.1. The molecule has 0 aliphatic carbocycles. The Morgan fingerprint density at radius 1 is 1.14 bits per heavy atom. The number of benzene rings is 1. The Balaban J connectivity index is 1.49. The molecule has 3 rings (SSSR count). The van der Waals surface area contributed by atoms with Crippen molar-refractivity contribution in [2.45, 2.75) is 32.5 Å². The summed E-state index contributed by atoms with van der Waals surface area (Å²) in [5, 5.41) is 7.62. The highest BCUT2D eigenvalue weighted by atomic mass is 35.5. The first kappa shape index (κ1) is 20.6. The molecule has 0 radical (unpaired) electrons. The van der Waals surface area contributed by atoms with Crippen molar-refractivity contribution in [1.29, 1.82) is 0 Å². The molecule has 0 saturated carbocycles. The van der Waals surface area contributed by atoms with Crippen LogP contribution >= 0.6 is 23.2 Å². The topological polar surface area (TPSA) is 61.7 Å². The summed E-state index contributed by atoms with van der Waals surface area (Å²) in [6, 6.07) is 10.1. The van der Waals surface area contributed by atoms with Crippen molar-refractivity contribution in [3.63, 3.8) is 0 Å². The zero-order chi connectivity index (χ0) is 20.1. The van der Waals surface area contributed by atoms with Crippen molar-refractivity contribution in [1.82, 2.24) is 20.1 Å². The summed E-state index contributed by atoms with van der Waals surface area (Å²) in [5.41, 5.74) is 3.27. The Morgan fingerprint density at radius 2 is 1.82 bits per heavy atom. The van der Waals surface area contributed by atoms with Gasteiger partial charge in [-0.25, -0.2) is 0 Å². The lowest BCUT2D eigenvalue weighted by molar-refractivity contribution is -0.128. The molecule has 2 heterocycles. The van der Waals surface area contributed by atoms with Gasteiger partial charge in [0.1, 0.15) is 5.15 Å². The number of likely N-dealkylation sites (tertiary alicyclic amines) is 1. The number of rotatable bonds is 6. The van der Waals surface area contributed by atoms with E-state index in [1.165, 1.54) is 0 Å². The molecule has 0 bridgehead atoms. The molecule has 2 aromatic rings. The molecule has 0 spiro atoms. The Hall–Kier alpha value is -2.18. The van der Waals surface area contributed by atoms with E-state index >= 15 is 0 Å². The first-order chi connectivity index (χ1) is 13.5. The number of nitrogens with one attached hydrogen (secondary N) is 2. The highest BCUT2D eigenvalue weighted by Crippen LogP contribution is 2.24. The van der Waals surface area contributed by atoms with Gasteiger partial charge in [-0.2, -0.15) is 0 Å². The van der Waals surface area contributed by atoms with Crippen LogP contribution < -0.4 is 10.6 Å². The van der Waals surface area contributed by atoms with Gasteiger partial charge in [-0.15, -0.1) is 0 Å². The molecule has 1 aromatic carbocycles. The second-order valence-corrected chi connectivity index (χ2v) is 7.61. The van der Waals surface area contributed by atoms with E-state index in [-0.39, 0.29) is 5.91 Å². The monoisotopic (exact) mass is 421 g/mol. The number of amides is 1. The average Bonchev–Trinajstić information content (AvgIpc) is 3.21. The fraction of sp³-hybridized carbons (Fsp3) is 0.400. The van der Waals surface area contributed by atoms with Gasteiger partial charge in [-0.1, -0.05) is 47.5 Å². The quantitative estimate of drug-likeness (QED) is 0.555. The molecule has 28 heavy (non-hydrogen) atoms. The van der Waals surface area contributed by atoms with E-state index in [1.54, 1.807) is 7.05 Å². The lowest BCUT2D eigenvalue weighted by Gasteiger charge is -2.16. The Kier molecular flexibility index (Phi) is 6.86. The molecule has 0 unspecified atom stereocenters. The number of hydrogen-bond acceptors (Lipinski definition) is 2. The van der Waals surface area contributed by atoms with Gasteiger partial charge in [-0.05, 0) is 23.6 Å². The summed E-state index contributed by atoms with van der Waals surface area (Å²) in [7, 11) is 3.61. The summed E-state index contributed by atoms with van der Waals surface area (Å²) in [6.45, 7) is 2.77. The predicted molar refractivity (Wildman–Crippen MR) is 114 cm³/mol. The van der Waals surface area contributed by atoms with Crippen LogP contribution in [0.2, 0.25) is 10.2 Å². The largest absolute Gasteiger partial charge is 0.352 e. The first-order valence-electron chi connectivity index (χ1n) is 9.27. The highest BCUT2D eigenvalue weighted by Gasteiger charge is 2.19. The average molecular weight is 422 g/mol. The minimum Gasteiger partial charge on any atom is -0.352 e. The number of hydrogen-bond donors (Lipinski definition) is 2. The maximum absolute atomic E-state index is 11.7. The molecule has 1 aliphatic rings. The van der Waals surface area contributed by atoms with Crippen LogP contribution in [-0.2, 0) is 31.5 Å². The fourth-order valence-electron chi connectivity index (χ4n) is 3.19. The van der Waals surface area contributed by atoms with Gasteiger partial charge in [0, 0.05) is 45.8 Å². The van der Waals surface area contributed by atoms with E-state index in [0.717, 1.165) is 29.8 Å². The van der Waals surface area contributed by atoms with E-state index in [9.17, 15) is 4.79 Å². The lowest BCUT2D eigenvalue weighted by atomic mass is 10.1. The molecule has 0 atom stereocenters. The van der Waals surface area contributed by atoms with Crippen molar-refractivity contribution in [3.05, 3.63) is 57.3 Å². The van der Waals surface area contributed by atoms with E-state index in [1.807, 2.05) is 22.6 Å². The highest BCUT2D eigenvalue weighted by molar-refractivity contribution is 6.41. The van der Waals surface area contributed by atoms with Crippen LogP contribution in [0.25, 0.3) is 0 Å². The summed E-state index contributed by atoms with van der Waals surface area (Å²) in [6.07, 6.45) is 1.64. The predicted octanol–water partition coefficient (Wildman–Crippen LogP) is 3.32. The summed E-state index contributed by atoms with van der Waals surface area (Å²) < 4.78 is 1.84. The van der Waals surface area contributed by atoms with E-state index < -0.39 is 0 Å². The van der Waals surface area contributed by atoms with Crippen LogP contribution in [0, 0.1) is 0 Å². The van der Waals surface area contributed by atoms with Crippen molar-refractivity contribution in [2.24, 2.45) is 12.0 Å². The van der Waals surface area contributed by atoms with Gasteiger partial charge < -0.3 is 20.1 Å². The summed E-state index contributed by atoms with van der Waals surface area (Å²) in [5.74, 6) is 0.946. The molecule has 1 aliphatic heterocycles. The Morgan fingerprint density at radius 3 is 2.39 bits per heavy atom. The van der Waals surface area contributed by atoms with Crippen LogP contribution in [-0.4, -0.2) is 34.9 Å². The second-order valence-electron chi connectivity index (χ2n) is 6.85. The summed E-state index contributed by atoms with van der Waals surface area (Å²) in [4.78, 5) is 17.9. The zero-order valence-corrected chi connectivity index (χ0v) is 17.6. The van der Waals surface area contributed by atoms with Gasteiger partial charge in [0.15, 0.2) is 5.96 Å². The van der Waals surface area contributed by atoms with Crippen LogP contribution in [0.15, 0.2) is 35.3 Å². The third-order valence-electron chi connectivity index (χ3n) is 4.90. The number of halogens is 2. The third-order valence-corrected chi connectivity index (χ3v) is 5.75. The van der Waals surface area contributed by atoms with Crippen molar-refractivity contribution >= 4 is 35.1 Å². The molecule has 150 valence electrons. The SMILES string of the molecule is CN=C(NCc1ccc(CN2CCCC2=O)cc1)NCc1cc(Cl)c(Cl)n1C. The van der Waals surface area contributed by atoms with E-state index in [4.69, 9.17) is 23.2 Å². The van der Waals surface area contributed by atoms with Crippen molar-refractivity contribution < 1.29 is 4.79 Å². The molecule has 1 aromatic heterocycles. The number of carbonyl (C=O) groups excluding carboxylic acids is 1. The van der Waals surface area contributed by atoms with E-state index in [0.29, 0.717) is 42.2 Å². The molecule has 6 nitrogen and oxygen atoms in total. The second kappa shape index (κ2) is 9.34. The van der Waals surface area contributed by atoms with Gasteiger partial charge in [-0.3, -0.25) is 9.79 Å². The van der Waals surface area contributed by atoms with Crippen LogP contribution in [0.1, 0.15) is 29.7 Å². The molecule has 1 fully saturated rings. The maximum Gasteiger partial charge on any atom is 0.222 e. The Labute approximate surface area is 175 Å². The van der Waals surface area contributed by atoms with Crippen LogP contribution in [0.4, 0.5) is 0 Å². The first-order valence-corrected chi connectivity index (χ1v) is 10.0. The molecular weight excluding hydrogens is 397 g/mol. The molecule has 1 saturated heterocycles. The number of aromatic nitrogens is 1. The van der Waals surface area contributed by atoms with Gasteiger partial charge >= 0.3 is 0 Å². The number of nitrogens with zero attached hydrogens (tertiary/aromatic N) is 3. The molecule has 8 heteroatoms. The fourth-order valence-corrected chi connectivity index (χ4v) is 3.61. The minimum atomic E-state index is 0.251. The van der Waals surface area contributed by atoms with Crippen molar-refractivity contribution in [3.8, 4) is 0 Å². The van der Waals surface area contributed by atoms with Crippen molar-refractivity contribution in [2.75, 3.05) is 13.6 Å². The summed E-state index contributed by atoms with van der Waals surface area (Å²) >= 11 is 12.1. The minimum absolute atomic E-state index is 0.251. The van der Waals surface area contributed by atoms with Gasteiger partial charge in [0.05, 0.1) is 11.6 Å². The van der Waals surface area contributed by atoms with Gasteiger partial charge in [0.25, 0.3) is 0 Å². The maximum atomic E-state index is 11.7. The molecular formula is C20H25Cl2N5O. The standard InChI is InChI=1S/C20H25Cl2N5O/c1-23-20(25-12-16-10-17(21)19(22)26(16)2)24-11-14-5-7-15(8-6-14)13-27-9-3-4-18(27)28/h5-8,10H,3-4,9,11-13H2,1-2H3,(H2,23,24,25). The normalized spacial score (nSPS) is 14.6. The smallest absolute Gasteiger partial charge is 0.222 e. The molecule has 2 N–H and O–H groups in total. The number of guanidine groups is 1. The van der Waals surface area contributed by atoms with E-state index in [2.05, 4.69) is 39.9 Å². The lowest BCUT2D eigenvalue weighted by Crippen LogP contribution is -2.36. The number of aliphatic imine (C=N–C) groups is 1. The van der Waals surface area contributed by atoms with Gasteiger partial charge in [0.2, 0.25) is 5.91 Å². The van der Waals surface area contributed by atoms with Crippen LogP contribution in [0.3, 0.4) is 0 Å². The van der Waals surface area contributed by atoms with Crippen LogP contribution in [0.5, 0.6) is 0 Å². The molecule has 1 amide bonds. The third kappa shape index (κ3) is 5.00.